The predicted octanol–water partition coefficient (Wildman–Crippen LogP) is 4.74. The smallest absolute Gasteiger partial charge is 0.338 e. The van der Waals surface area contributed by atoms with Gasteiger partial charge in [0.2, 0.25) is 0 Å². The van der Waals surface area contributed by atoms with Crippen LogP contribution < -0.4 is 19.6 Å². The third-order valence-corrected chi connectivity index (χ3v) is 7.73. The first-order chi connectivity index (χ1) is 17.8. The Labute approximate surface area is 219 Å². The first kappa shape index (κ1) is 25.0. The summed E-state index contributed by atoms with van der Waals surface area (Å²) in [6.45, 7) is 10.1. The average molecular weight is 515 g/mol. The normalized spacial score (nSPS) is 19.1. The van der Waals surface area contributed by atoms with Crippen molar-refractivity contribution in [3.05, 3.63) is 102 Å². The maximum atomic E-state index is 13.9. The van der Waals surface area contributed by atoms with Crippen molar-refractivity contribution in [3.8, 4) is 5.75 Å². The van der Waals surface area contributed by atoms with Gasteiger partial charge in [-0.2, -0.15) is 0 Å². The van der Waals surface area contributed by atoms with Gasteiger partial charge in [-0.1, -0.05) is 67.6 Å². The molecule has 37 heavy (non-hydrogen) atoms. The molecule has 0 bridgehead atoms. The molecule has 0 saturated heterocycles. The van der Waals surface area contributed by atoms with Crippen molar-refractivity contribution in [2.45, 2.75) is 52.7 Å². The van der Waals surface area contributed by atoms with Crippen molar-refractivity contribution in [3.63, 3.8) is 0 Å². The molecule has 3 aromatic rings. The molecule has 2 atom stereocenters. The Bertz CT molecular complexity index is 1610. The second kappa shape index (κ2) is 9.98. The van der Waals surface area contributed by atoms with Crippen LogP contribution in [0.1, 0.15) is 63.3 Å². The van der Waals surface area contributed by atoms with Crippen molar-refractivity contribution >= 4 is 29.5 Å². The first-order valence-electron chi connectivity index (χ1n) is 12.5. The zero-order valence-corrected chi connectivity index (χ0v) is 22.5. The van der Waals surface area contributed by atoms with Crippen molar-refractivity contribution in [2.75, 3.05) is 6.61 Å². The predicted molar refractivity (Wildman–Crippen MR) is 146 cm³/mol. The Morgan fingerprint density at radius 2 is 1.92 bits per heavy atom. The summed E-state index contributed by atoms with van der Waals surface area (Å²) in [6.07, 6.45) is 3.73. The summed E-state index contributed by atoms with van der Waals surface area (Å²) in [7, 11) is 0. The second-order valence-electron chi connectivity index (χ2n) is 9.57. The standard InChI is InChI=1S/C30H30N2O4S/c1-6-35-29(34)26-18(4)31-30-32(27(26)21-13-11-20(12-14-21)17(2)3)28(33)25(37-30)16-23-15-22-9-7-8-10-24(22)36-19(23)5/h7-17,19,27H,6H2,1-5H3/b25-16-/t19-,27+/m0/s1. The number of ether oxygens (including phenoxy) is 2. The Morgan fingerprint density at radius 1 is 1.19 bits per heavy atom. The highest BCUT2D eigenvalue weighted by molar-refractivity contribution is 7.07. The van der Waals surface area contributed by atoms with Crippen LogP contribution >= 0.6 is 11.3 Å². The van der Waals surface area contributed by atoms with Crippen molar-refractivity contribution < 1.29 is 14.3 Å². The average Bonchev–Trinajstić information content (AvgIpc) is 3.18. The number of benzene rings is 2. The lowest BCUT2D eigenvalue weighted by Crippen LogP contribution is -2.40. The highest BCUT2D eigenvalue weighted by Crippen LogP contribution is 2.32. The lowest BCUT2D eigenvalue weighted by molar-refractivity contribution is -0.139. The Morgan fingerprint density at radius 3 is 2.62 bits per heavy atom. The molecule has 7 heteroatoms. The number of hydrogen-bond donors (Lipinski definition) is 0. The van der Waals surface area contributed by atoms with Gasteiger partial charge < -0.3 is 9.47 Å². The molecule has 0 unspecified atom stereocenters. The monoisotopic (exact) mass is 514 g/mol. The summed E-state index contributed by atoms with van der Waals surface area (Å²) in [5, 5.41) is 0. The second-order valence-corrected chi connectivity index (χ2v) is 10.6. The molecule has 0 spiro atoms. The molecule has 0 radical (unpaired) electrons. The number of thiazole rings is 1. The minimum absolute atomic E-state index is 0.192. The molecule has 3 heterocycles. The minimum Gasteiger partial charge on any atom is -0.485 e. The quantitative estimate of drug-likeness (QED) is 0.462. The third-order valence-electron chi connectivity index (χ3n) is 6.75. The fourth-order valence-corrected chi connectivity index (χ4v) is 5.79. The van der Waals surface area contributed by atoms with Gasteiger partial charge >= 0.3 is 5.97 Å². The molecule has 2 aliphatic rings. The summed E-state index contributed by atoms with van der Waals surface area (Å²) in [4.78, 5) is 32.2. The van der Waals surface area contributed by atoms with E-state index in [1.54, 1.807) is 18.4 Å². The van der Waals surface area contributed by atoms with E-state index in [-0.39, 0.29) is 18.3 Å². The zero-order chi connectivity index (χ0) is 26.3. The lowest BCUT2D eigenvalue weighted by atomic mass is 9.93. The summed E-state index contributed by atoms with van der Waals surface area (Å²) in [5.41, 5.74) is 4.67. The Hall–Kier alpha value is -3.71. The molecule has 0 N–H and O–H groups in total. The highest BCUT2D eigenvalue weighted by Gasteiger charge is 2.33. The number of nitrogens with zero attached hydrogens (tertiary/aromatic N) is 2. The first-order valence-corrected chi connectivity index (χ1v) is 13.4. The van der Waals surface area contributed by atoms with Gasteiger partial charge in [-0.15, -0.1) is 0 Å². The molecule has 5 rings (SSSR count). The van der Waals surface area contributed by atoms with Gasteiger partial charge in [0.15, 0.2) is 4.80 Å². The number of rotatable bonds is 5. The van der Waals surface area contributed by atoms with Crippen molar-refractivity contribution in [1.82, 2.24) is 4.57 Å². The summed E-state index contributed by atoms with van der Waals surface area (Å²) in [6, 6.07) is 15.3. The molecule has 0 fully saturated rings. The van der Waals surface area contributed by atoms with E-state index in [1.165, 1.54) is 16.9 Å². The van der Waals surface area contributed by atoms with Gasteiger partial charge in [0.1, 0.15) is 11.9 Å². The Balaban J connectivity index is 1.68. The van der Waals surface area contributed by atoms with Crippen LogP contribution in [0.4, 0.5) is 0 Å². The molecule has 0 aliphatic carbocycles. The fourth-order valence-electron chi connectivity index (χ4n) is 4.74. The van der Waals surface area contributed by atoms with Gasteiger partial charge in [0.25, 0.3) is 5.56 Å². The van der Waals surface area contributed by atoms with Gasteiger partial charge in [0.05, 0.1) is 28.5 Å². The number of para-hydroxylation sites is 1. The van der Waals surface area contributed by atoms with E-state index >= 15 is 0 Å². The summed E-state index contributed by atoms with van der Waals surface area (Å²) < 4.78 is 13.6. The van der Waals surface area contributed by atoms with E-state index in [0.29, 0.717) is 26.5 Å². The number of allylic oxidation sites excluding steroid dienone is 1. The van der Waals surface area contributed by atoms with Gasteiger partial charge in [-0.3, -0.25) is 9.36 Å². The third kappa shape index (κ3) is 4.60. The van der Waals surface area contributed by atoms with Crippen LogP contribution in [0.2, 0.25) is 0 Å². The number of carbonyl (C=O) groups excluding carboxylic acids is 1. The minimum atomic E-state index is -0.617. The van der Waals surface area contributed by atoms with Gasteiger partial charge in [-0.25, -0.2) is 9.79 Å². The highest BCUT2D eigenvalue weighted by atomic mass is 32.1. The lowest BCUT2D eigenvalue weighted by Gasteiger charge is -2.25. The SMILES string of the molecule is CCOC(=O)C1=C(C)N=c2s/c(=C\C3=Cc4ccccc4O[C@H]3C)c(=O)n2[C@@H]1c1ccc(C(C)C)cc1. The van der Waals surface area contributed by atoms with Crippen LogP contribution in [0.15, 0.2) is 75.2 Å². The zero-order valence-electron chi connectivity index (χ0n) is 21.6. The van der Waals surface area contributed by atoms with E-state index < -0.39 is 12.0 Å². The maximum Gasteiger partial charge on any atom is 0.338 e. The molecular formula is C30H30N2O4S. The number of hydrogen-bond acceptors (Lipinski definition) is 6. The van der Waals surface area contributed by atoms with E-state index in [1.807, 2.05) is 49.4 Å². The largest absolute Gasteiger partial charge is 0.485 e. The topological polar surface area (TPSA) is 69.9 Å². The molecule has 2 aromatic carbocycles. The number of fused-ring (bicyclic) bond motifs is 2. The number of aromatic nitrogens is 1. The molecule has 1 aromatic heterocycles. The van der Waals surface area contributed by atoms with E-state index in [2.05, 4.69) is 37.0 Å². The van der Waals surface area contributed by atoms with Crippen LogP contribution in [-0.2, 0) is 9.53 Å². The molecule has 190 valence electrons. The van der Waals surface area contributed by atoms with Crippen LogP contribution in [0.25, 0.3) is 12.2 Å². The van der Waals surface area contributed by atoms with E-state index in [0.717, 1.165) is 22.4 Å². The van der Waals surface area contributed by atoms with Crippen molar-refractivity contribution in [1.29, 1.82) is 0 Å². The fraction of sp³-hybridized carbons (Fsp3) is 0.300. The molecular weight excluding hydrogens is 484 g/mol. The number of carbonyl (C=O) groups is 1. The molecule has 0 amide bonds. The molecule has 6 nitrogen and oxygen atoms in total. The van der Waals surface area contributed by atoms with Crippen LogP contribution in [0.3, 0.4) is 0 Å². The summed E-state index contributed by atoms with van der Waals surface area (Å²) in [5.74, 6) is 0.744. The molecule has 0 saturated carbocycles. The van der Waals surface area contributed by atoms with Crippen LogP contribution in [0, 0.1) is 0 Å². The van der Waals surface area contributed by atoms with Gasteiger partial charge in [-0.05, 0) is 61.6 Å². The van der Waals surface area contributed by atoms with Crippen LogP contribution in [-0.4, -0.2) is 23.2 Å². The molecule has 2 aliphatic heterocycles. The number of esters is 1. The van der Waals surface area contributed by atoms with Gasteiger partial charge in [0, 0.05) is 5.56 Å². The maximum absolute atomic E-state index is 13.9. The summed E-state index contributed by atoms with van der Waals surface area (Å²) >= 11 is 1.32. The Kier molecular flexibility index (Phi) is 6.73. The van der Waals surface area contributed by atoms with Crippen molar-refractivity contribution in [2.24, 2.45) is 4.99 Å². The van der Waals surface area contributed by atoms with E-state index in [9.17, 15) is 9.59 Å². The van der Waals surface area contributed by atoms with E-state index in [4.69, 9.17) is 9.47 Å². The van der Waals surface area contributed by atoms with Crippen LogP contribution in [0.5, 0.6) is 5.75 Å².